The summed E-state index contributed by atoms with van der Waals surface area (Å²) >= 11 is 2.96. The Labute approximate surface area is 132 Å². The topological polar surface area (TPSA) is 71.2 Å². The number of carbonyl (C=O) groups excluding carboxylic acids is 1. The van der Waals surface area contributed by atoms with Crippen LogP contribution < -0.4 is 11.1 Å². The summed E-state index contributed by atoms with van der Waals surface area (Å²) in [5.41, 5.74) is 5.90. The fraction of sp³-hybridized carbons (Fsp3) is 0.429. The van der Waals surface area contributed by atoms with Gasteiger partial charge in [-0.1, -0.05) is 17.4 Å². The number of anilines is 2. The highest BCUT2D eigenvalue weighted by molar-refractivity contribution is 7.18. The molecule has 21 heavy (non-hydrogen) atoms. The van der Waals surface area contributed by atoms with E-state index in [1.165, 1.54) is 11.3 Å². The summed E-state index contributed by atoms with van der Waals surface area (Å²) in [6.45, 7) is 7.26. The standard InChI is InChI=1S/C14H20N4OS2/c1-4-18(8-10-6-5-7-20-10)13(19)11-12(15)17-14(21-11)16-9(2)3/h5-7,9H,4,8,15H2,1-3H3,(H,16,17). The third kappa shape index (κ3) is 3.95. The molecule has 0 atom stereocenters. The normalized spacial score (nSPS) is 10.9. The molecular weight excluding hydrogens is 304 g/mol. The highest BCUT2D eigenvalue weighted by atomic mass is 32.1. The second-order valence-electron chi connectivity index (χ2n) is 4.93. The number of amides is 1. The first kappa shape index (κ1) is 15.8. The molecule has 0 bridgehead atoms. The third-order valence-corrected chi connectivity index (χ3v) is 4.71. The Morgan fingerprint density at radius 3 is 2.86 bits per heavy atom. The second kappa shape index (κ2) is 6.91. The minimum atomic E-state index is -0.0577. The van der Waals surface area contributed by atoms with E-state index in [-0.39, 0.29) is 11.9 Å². The molecule has 0 aliphatic heterocycles. The summed E-state index contributed by atoms with van der Waals surface area (Å²) in [4.78, 5) is 20.3. The van der Waals surface area contributed by atoms with Gasteiger partial charge in [0.1, 0.15) is 10.7 Å². The van der Waals surface area contributed by atoms with Crippen LogP contribution in [0.25, 0.3) is 0 Å². The van der Waals surface area contributed by atoms with Crippen molar-refractivity contribution in [1.82, 2.24) is 9.88 Å². The van der Waals surface area contributed by atoms with Gasteiger partial charge < -0.3 is 16.0 Å². The van der Waals surface area contributed by atoms with Gasteiger partial charge in [0.15, 0.2) is 5.13 Å². The summed E-state index contributed by atoms with van der Waals surface area (Å²) in [5.74, 6) is 0.246. The summed E-state index contributed by atoms with van der Waals surface area (Å²) < 4.78 is 0. The lowest BCUT2D eigenvalue weighted by Gasteiger charge is -2.19. The van der Waals surface area contributed by atoms with Crippen LogP contribution in [0.1, 0.15) is 35.3 Å². The van der Waals surface area contributed by atoms with E-state index < -0.39 is 0 Å². The van der Waals surface area contributed by atoms with Gasteiger partial charge >= 0.3 is 0 Å². The zero-order valence-electron chi connectivity index (χ0n) is 12.4. The highest BCUT2D eigenvalue weighted by Gasteiger charge is 2.22. The Morgan fingerprint density at radius 1 is 1.52 bits per heavy atom. The van der Waals surface area contributed by atoms with Gasteiger partial charge in [-0.2, -0.15) is 0 Å². The van der Waals surface area contributed by atoms with Crippen LogP contribution >= 0.6 is 22.7 Å². The zero-order valence-corrected chi connectivity index (χ0v) is 14.1. The van der Waals surface area contributed by atoms with Crippen molar-refractivity contribution < 1.29 is 4.79 Å². The number of carbonyl (C=O) groups is 1. The molecule has 7 heteroatoms. The molecule has 0 saturated heterocycles. The second-order valence-corrected chi connectivity index (χ2v) is 6.96. The molecule has 2 aromatic heterocycles. The van der Waals surface area contributed by atoms with E-state index in [0.29, 0.717) is 28.9 Å². The number of aromatic nitrogens is 1. The number of hydrogen-bond acceptors (Lipinski definition) is 6. The maximum atomic E-state index is 12.6. The van der Waals surface area contributed by atoms with Crippen LogP contribution in [0.3, 0.4) is 0 Å². The van der Waals surface area contributed by atoms with Crippen molar-refractivity contribution in [3.8, 4) is 0 Å². The number of hydrogen-bond donors (Lipinski definition) is 2. The fourth-order valence-corrected chi connectivity index (χ4v) is 3.57. The van der Waals surface area contributed by atoms with E-state index in [1.54, 1.807) is 16.2 Å². The fourth-order valence-electron chi connectivity index (χ4n) is 1.86. The van der Waals surface area contributed by atoms with Crippen LogP contribution in [0, 0.1) is 0 Å². The van der Waals surface area contributed by atoms with Gasteiger partial charge in [-0.15, -0.1) is 11.3 Å². The summed E-state index contributed by atoms with van der Waals surface area (Å²) in [6, 6.07) is 4.28. The molecule has 0 saturated carbocycles. The minimum absolute atomic E-state index is 0.0577. The molecule has 0 fully saturated rings. The van der Waals surface area contributed by atoms with E-state index in [2.05, 4.69) is 10.3 Å². The molecule has 2 aromatic rings. The van der Waals surface area contributed by atoms with Crippen LogP contribution in [-0.4, -0.2) is 28.4 Å². The zero-order chi connectivity index (χ0) is 15.4. The molecular formula is C14H20N4OS2. The number of thiophene rings is 1. The van der Waals surface area contributed by atoms with Gasteiger partial charge in [-0.05, 0) is 32.2 Å². The Balaban J connectivity index is 2.15. The smallest absolute Gasteiger partial charge is 0.268 e. The predicted molar refractivity (Wildman–Crippen MR) is 90.0 cm³/mol. The maximum Gasteiger partial charge on any atom is 0.268 e. The summed E-state index contributed by atoms with van der Waals surface area (Å²) in [6.07, 6.45) is 0. The van der Waals surface area contributed by atoms with E-state index >= 15 is 0 Å². The van der Waals surface area contributed by atoms with Crippen LogP contribution in [0.15, 0.2) is 17.5 Å². The van der Waals surface area contributed by atoms with Crippen molar-refractivity contribution in [3.05, 3.63) is 27.3 Å². The Morgan fingerprint density at radius 2 is 2.29 bits per heavy atom. The largest absolute Gasteiger partial charge is 0.382 e. The lowest BCUT2D eigenvalue weighted by molar-refractivity contribution is 0.0760. The molecule has 114 valence electrons. The van der Waals surface area contributed by atoms with Gasteiger partial charge in [-0.3, -0.25) is 4.79 Å². The lowest BCUT2D eigenvalue weighted by atomic mass is 10.3. The molecule has 5 nitrogen and oxygen atoms in total. The van der Waals surface area contributed by atoms with Crippen LogP contribution in [0.5, 0.6) is 0 Å². The van der Waals surface area contributed by atoms with Gasteiger partial charge in [0.05, 0.1) is 6.54 Å². The first-order valence-corrected chi connectivity index (χ1v) is 8.55. The SMILES string of the molecule is CCN(Cc1cccs1)C(=O)c1sc(NC(C)C)nc1N. The van der Waals surface area contributed by atoms with Gasteiger partial charge in [0.25, 0.3) is 5.91 Å². The Hall–Kier alpha value is -1.60. The number of rotatable bonds is 6. The third-order valence-electron chi connectivity index (χ3n) is 2.86. The predicted octanol–water partition coefficient (Wildman–Crippen LogP) is 3.27. The van der Waals surface area contributed by atoms with Crippen LogP contribution in [-0.2, 0) is 6.54 Å². The first-order chi connectivity index (χ1) is 10.0. The number of nitrogens with one attached hydrogen (secondary N) is 1. The van der Waals surface area contributed by atoms with E-state index in [9.17, 15) is 4.79 Å². The van der Waals surface area contributed by atoms with Crippen molar-refractivity contribution >= 4 is 39.5 Å². The number of nitrogen functional groups attached to an aromatic ring is 1. The molecule has 0 spiro atoms. The average molecular weight is 324 g/mol. The maximum absolute atomic E-state index is 12.6. The highest BCUT2D eigenvalue weighted by Crippen LogP contribution is 2.27. The van der Waals surface area contributed by atoms with Gasteiger partial charge in [0, 0.05) is 17.5 Å². The Bertz CT molecular complexity index is 592. The molecule has 0 aliphatic carbocycles. The van der Waals surface area contributed by atoms with E-state index in [0.717, 1.165) is 4.88 Å². The van der Waals surface area contributed by atoms with Gasteiger partial charge in [0.2, 0.25) is 0 Å². The van der Waals surface area contributed by atoms with Crippen molar-refractivity contribution in [2.75, 3.05) is 17.6 Å². The van der Waals surface area contributed by atoms with Crippen molar-refractivity contribution in [1.29, 1.82) is 0 Å². The van der Waals surface area contributed by atoms with E-state index in [4.69, 9.17) is 5.73 Å². The first-order valence-electron chi connectivity index (χ1n) is 6.85. The molecule has 0 radical (unpaired) electrons. The van der Waals surface area contributed by atoms with Gasteiger partial charge in [-0.25, -0.2) is 4.98 Å². The Kier molecular flexibility index (Phi) is 5.19. The monoisotopic (exact) mass is 324 g/mol. The molecule has 1 amide bonds. The van der Waals surface area contributed by atoms with Crippen molar-refractivity contribution in [2.24, 2.45) is 0 Å². The van der Waals surface area contributed by atoms with Crippen molar-refractivity contribution in [2.45, 2.75) is 33.4 Å². The van der Waals surface area contributed by atoms with E-state index in [1.807, 2.05) is 38.3 Å². The molecule has 0 aliphatic rings. The summed E-state index contributed by atoms with van der Waals surface area (Å²) in [5, 5.41) is 5.89. The average Bonchev–Trinajstić information content (AvgIpc) is 3.04. The molecule has 2 rings (SSSR count). The van der Waals surface area contributed by atoms with Crippen LogP contribution in [0.4, 0.5) is 10.9 Å². The lowest BCUT2D eigenvalue weighted by Crippen LogP contribution is -2.29. The molecule has 0 unspecified atom stereocenters. The number of thiazole rings is 1. The molecule has 3 N–H and O–H groups in total. The van der Waals surface area contributed by atoms with Crippen LogP contribution in [0.2, 0.25) is 0 Å². The quantitative estimate of drug-likeness (QED) is 0.855. The number of nitrogens with two attached hydrogens (primary N) is 1. The van der Waals surface area contributed by atoms with Crippen molar-refractivity contribution in [3.63, 3.8) is 0 Å². The molecule has 2 heterocycles. The molecule has 0 aromatic carbocycles. The summed E-state index contributed by atoms with van der Waals surface area (Å²) in [7, 11) is 0. The minimum Gasteiger partial charge on any atom is -0.382 e. The number of nitrogens with zero attached hydrogens (tertiary/aromatic N) is 2.